The highest BCUT2D eigenvalue weighted by Crippen LogP contribution is 2.32. The van der Waals surface area contributed by atoms with Gasteiger partial charge in [-0.25, -0.2) is 0 Å². The van der Waals surface area contributed by atoms with E-state index in [9.17, 15) is 0 Å². The van der Waals surface area contributed by atoms with Crippen LogP contribution in [0.25, 0.3) is 0 Å². The molecule has 1 heteroatoms. The van der Waals surface area contributed by atoms with Gasteiger partial charge in [0.2, 0.25) is 0 Å². The van der Waals surface area contributed by atoms with Gasteiger partial charge in [0.15, 0.2) is 0 Å². The predicted octanol–water partition coefficient (Wildman–Crippen LogP) is 2.22. The van der Waals surface area contributed by atoms with E-state index in [4.69, 9.17) is 5.73 Å². The molecule has 11 heavy (non-hydrogen) atoms. The number of allylic oxidation sites excluding steroid dienone is 1. The van der Waals surface area contributed by atoms with E-state index in [1.807, 2.05) is 0 Å². The molecular formula is C10H17N. The summed E-state index contributed by atoms with van der Waals surface area (Å²) in [7, 11) is 0. The third-order valence-electron chi connectivity index (χ3n) is 2.98. The average molecular weight is 151 g/mol. The molecule has 2 fully saturated rings. The summed E-state index contributed by atoms with van der Waals surface area (Å²) in [4.78, 5) is 0. The second-order valence-corrected chi connectivity index (χ2v) is 4.02. The monoisotopic (exact) mass is 151 g/mol. The zero-order valence-corrected chi connectivity index (χ0v) is 7.05. The Bertz CT molecular complexity index is 168. The Hall–Kier alpha value is -0.300. The van der Waals surface area contributed by atoms with Gasteiger partial charge in [-0.3, -0.25) is 0 Å². The van der Waals surface area contributed by atoms with E-state index < -0.39 is 0 Å². The molecule has 0 aliphatic heterocycles. The van der Waals surface area contributed by atoms with E-state index in [0.29, 0.717) is 6.04 Å². The molecule has 0 aromatic carbocycles. The summed E-state index contributed by atoms with van der Waals surface area (Å²) in [6, 6.07) is 0.473. The highest BCUT2D eigenvalue weighted by atomic mass is 14.6. The van der Waals surface area contributed by atoms with Crippen LogP contribution in [0.5, 0.6) is 0 Å². The minimum Gasteiger partial charge on any atom is -0.327 e. The van der Waals surface area contributed by atoms with E-state index in [2.05, 4.69) is 6.08 Å². The Labute approximate surface area is 68.7 Å². The normalized spacial score (nSPS) is 36.1. The number of hydrogen-bond donors (Lipinski definition) is 1. The first-order chi connectivity index (χ1) is 5.34. The highest BCUT2D eigenvalue weighted by molar-refractivity contribution is 5.12. The summed E-state index contributed by atoms with van der Waals surface area (Å²) in [6.45, 7) is 0. The smallest absolute Gasteiger partial charge is 0.00791 e. The highest BCUT2D eigenvalue weighted by Gasteiger charge is 2.19. The summed E-state index contributed by atoms with van der Waals surface area (Å²) >= 11 is 0. The molecular weight excluding hydrogens is 134 g/mol. The Balaban J connectivity index is 1.88. The molecule has 1 atom stereocenters. The SMILES string of the molecule is NC1CCC(=CC2CCC2)C1. The third-order valence-corrected chi connectivity index (χ3v) is 2.98. The quantitative estimate of drug-likeness (QED) is 0.571. The van der Waals surface area contributed by atoms with Crippen LogP contribution in [-0.2, 0) is 0 Å². The van der Waals surface area contributed by atoms with Crippen LogP contribution in [0.2, 0.25) is 0 Å². The minimum absolute atomic E-state index is 0.473. The molecule has 0 aromatic rings. The lowest BCUT2D eigenvalue weighted by Gasteiger charge is -2.22. The van der Waals surface area contributed by atoms with Crippen LogP contribution in [0.3, 0.4) is 0 Å². The van der Waals surface area contributed by atoms with Gasteiger partial charge in [0, 0.05) is 6.04 Å². The van der Waals surface area contributed by atoms with Crippen LogP contribution >= 0.6 is 0 Å². The standard InChI is InChI=1S/C10H17N/c11-10-5-4-9(7-10)6-8-2-1-3-8/h6,8,10H,1-5,7,11H2. The zero-order chi connectivity index (χ0) is 7.68. The Kier molecular flexibility index (Phi) is 1.99. The first-order valence-corrected chi connectivity index (χ1v) is 4.80. The van der Waals surface area contributed by atoms with Crippen molar-refractivity contribution in [2.45, 2.75) is 44.6 Å². The second kappa shape index (κ2) is 2.98. The van der Waals surface area contributed by atoms with Crippen molar-refractivity contribution < 1.29 is 0 Å². The molecule has 2 aliphatic carbocycles. The van der Waals surface area contributed by atoms with Crippen LogP contribution in [0.4, 0.5) is 0 Å². The van der Waals surface area contributed by atoms with Gasteiger partial charge in [-0.05, 0) is 38.0 Å². The van der Waals surface area contributed by atoms with Crippen molar-refractivity contribution in [1.82, 2.24) is 0 Å². The van der Waals surface area contributed by atoms with Crippen molar-refractivity contribution in [3.05, 3.63) is 11.6 Å². The van der Waals surface area contributed by atoms with Gasteiger partial charge >= 0.3 is 0 Å². The predicted molar refractivity (Wildman–Crippen MR) is 47.3 cm³/mol. The summed E-state index contributed by atoms with van der Waals surface area (Å²) in [5.74, 6) is 0.926. The van der Waals surface area contributed by atoms with Crippen molar-refractivity contribution in [2.24, 2.45) is 11.7 Å². The molecule has 0 spiro atoms. The lowest BCUT2D eigenvalue weighted by Crippen LogP contribution is -2.13. The minimum atomic E-state index is 0.473. The van der Waals surface area contributed by atoms with Crippen molar-refractivity contribution in [1.29, 1.82) is 0 Å². The van der Waals surface area contributed by atoms with Crippen molar-refractivity contribution in [2.75, 3.05) is 0 Å². The van der Waals surface area contributed by atoms with Crippen LogP contribution in [-0.4, -0.2) is 6.04 Å². The summed E-state index contributed by atoms with van der Waals surface area (Å²) in [6.07, 6.45) is 10.5. The second-order valence-electron chi connectivity index (χ2n) is 4.02. The van der Waals surface area contributed by atoms with Gasteiger partial charge in [0.1, 0.15) is 0 Å². The lowest BCUT2D eigenvalue weighted by molar-refractivity contribution is 0.385. The molecule has 2 N–H and O–H groups in total. The first-order valence-electron chi connectivity index (χ1n) is 4.80. The molecule has 0 aromatic heterocycles. The van der Waals surface area contributed by atoms with E-state index in [1.54, 1.807) is 5.57 Å². The van der Waals surface area contributed by atoms with E-state index in [0.717, 1.165) is 5.92 Å². The van der Waals surface area contributed by atoms with Crippen LogP contribution in [0.15, 0.2) is 11.6 Å². The van der Waals surface area contributed by atoms with Crippen molar-refractivity contribution in [3.63, 3.8) is 0 Å². The lowest BCUT2D eigenvalue weighted by atomic mass is 9.84. The van der Waals surface area contributed by atoms with Gasteiger partial charge in [0.05, 0.1) is 0 Å². The molecule has 1 unspecified atom stereocenters. The van der Waals surface area contributed by atoms with Crippen LogP contribution in [0.1, 0.15) is 38.5 Å². The summed E-state index contributed by atoms with van der Waals surface area (Å²) in [5.41, 5.74) is 7.46. The maximum atomic E-state index is 5.82. The van der Waals surface area contributed by atoms with E-state index >= 15 is 0 Å². The van der Waals surface area contributed by atoms with E-state index in [1.165, 1.54) is 38.5 Å². The zero-order valence-electron chi connectivity index (χ0n) is 7.05. The average Bonchev–Trinajstić information content (AvgIpc) is 2.27. The van der Waals surface area contributed by atoms with Gasteiger partial charge < -0.3 is 5.73 Å². The summed E-state index contributed by atoms with van der Waals surface area (Å²) in [5, 5.41) is 0. The molecule has 62 valence electrons. The van der Waals surface area contributed by atoms with Gasteiger partial charge in [-0.15, -0.1) is 0 Å². The number of nitrogens with two attached hydrogens (primary N) is 1. The molecule has 2 aliphatic rings. The van der Waals surface area contributed by atoms with Crippen molar-refractivity contribution in [3.8, 4) is 0 Å². The fraction of sp³-hybridized carbons (Fsp3) is 0.800. The molecule has 2 rings (SSSR count). The topological polar surface area (TPSA) is 26.0 Å². The fourth-order valence-corrected chi connectivity index (χ4v) is 2.00. The molecule has 0 bridgehead atoms. The van der Waals surface area contributed by atoms with Crippen LogP contribution in [0, 0.1) is 5.92 Å². The summed E-state index contributed by atoms with van der Waals surface area (Å²) < 4.78 is 0. The molecule has 2 saturated carbocycles. The first kappa shape index (κ1) is 7.35. The van der Waals surface area contributed by atoms with Crippen molar-refractivity contribution >= 4 is 0 Å². The number of rotatable bonds is 1. The van der Waals surface area contributed by atoms with Gasteiger partial charge in [-0.1, -0.05) is 18.1 Å². The van der Waals surface area contributed by atoms with Gasteiger partial charge in [0.25, 0.3) is 0 Å². The fourth-order valence-electron chi connectivity index (χ4n) is 2.00. The molecule has 1 nitrogen and oxygen atoms in total. The largest absolute Gasteiger partial charge is 0.327 e. The molecule has 0 amide bonds. The Morgan fingerprint density at radius 3 is 2.55 bits per heavy atom. The van der Waals surface area contributed by atoms with Gasteiger partial charge in [-0.2, -0.15) is 0 Å². The Morgan fingerprint density at radius 1 is 1.27 bits per heavy atom. The number of hydrogen-bond acceptors (Lipinski definition) is 1. The Morgan fingerprint density at radius 2 is 2.09 bits per heavy atom. The van der Waals surface area contributed by atoms with Crippen LogP contribution < -0.4 is 5.73 Å². The molecule has 0 saturated heterocycles. The maximum absolute atomic E-state index is 5.82. The maximum Gasteiger partial charge on any atom is 0.00791 e. The van der Waals surface area contributed by atoms with E-state index in [-0.39, 0.29) is 0 Å². The molecule has 0 radical (unpaired) electrons. The molecule has 0 heterocycles. The third kappa shape index (κ3) is 1.64.